The highest BCUT2D eigenvalue weighted by molar-refractivity contribution is 5.76. The Morgan fingerprint density at radius 1 is 1.20 bits per heavy atom. The lowest BCUT2D eigenvalue weighted by atomic mass is 10.0. The van der Waals surface area contributed by atoms with E-state index in [1.165, 1.54) is 7.11 Å². The summed E-state index contributed by atoms with van der Waals surface area (Å²) in [7, 11) is 1.37. The number of hydrogen-bond acceptors (Lipinski definition) is 6. The van der Waals surface area contributed by atoms with E-state index in [0.717, 1.165) is 12.8 Å². The van der Waals surface area contributed by atoms with E-state index in [0.29, 0.717) is 12.0 Å². The minimum atomic E-state index is -1.29. The molecule has 0 aromatic heterocycles. The lowest BCUT2D eigenvalue weighted by Gasteiger charge is -2.21. The number of rotatable bonds is 7. The summed E-state index contributed by atoms with van der Waals surface area (Å²) < 4.78 is 16.0. The molecule has 0 radical (unpaired) electrons. The van der Waals surface area contributed by atoms with Crippen molar-refractivity contribution in [2.45, 2.75) is 57.5 Å². The van der Waals surface area contributed by atoms with Gasteiger partial charge in [0.05, 0.1) is 25.2 Å². The molecule has 1 saturated heterocycles. The first-order valence-corrected chi connectivity index (χ1v) is 8.59. The van der Waals surface area contributed by atoms with Crippen LogP contribution >= 0.6 is 0 Å². The van der Waals surface area contributed by atoms with Gasteiger partial charge in [-0.25, -0.2) is 4.79 Å². The maximum atomic E-state index is 12.1. The Bertz CT molecular complexity index is 573. The molecular weight excluding hydrogens is 324 g/mol. The molecule has 138 valence electrons. The van der Waals surface area contributed by atoms with Gasteiger partial charge in [-0.05, 0) is 32.3 Å². The highest BCUT2D eigenvalue weighted by Gasteiger charge is 2.34. The molecule has 6 heteroatoms. The van der Waals surface area contributed by atoms with Crippen LogP contribution in [0.2, 0.25) is 0 Å². The van der Waals surface area contributed by atoms with Crippen molar-refractivity contribution in [2.24, 2.45) is 5.92 Å². The van der Waals surface area contributed by atoms with Crippen LogP contribution in [-0.2, 0) is 23.8 Å². The van der Waals surface area contributed by atoms with Crippen LogP contribution in [-0.4, -0.2) is 42.5 Å². The number of carbonyl (C=O) groups excluding carboxylic acids is 2. The first-order chi connectivity index (χ1) is 11.9. The van der Waals surface area contributed by atoms with Gasteiger partial charge < -0.3 is 19.3 Å². The molecule has 0 saturated carbocycles. The molecule has 5 atom stereocenters. The van der Waals surface area contributed by atoms with Gasteiger partial charge >= 0.3 is 11.9 Å². The predicted octanol–water partition coefficient (Wildman–Crippen LogP) is 2.40. The normalized spacial score (nSPS) is 23.5. The smallest absolute Gasteiger partial charge is 0.339 e. The first-order valence-electron chi connectivity index (χ1n) is 8.59. The van der Waals surface area contributed by atoms with Crippen LogP contribution in [0.5, 0.6) is 0 Å². The van der Waals surface area contributed by atoms with Crippen LogP contribution < -0.4 is 0 Å². The van der Waals surface area contributed by atoms with Crippen molar-refractivity contribution in [2.75, 3.05) is 7.11 Å². The number of hydrogen-bond donors (Lipinski definition) is 1. The fourth-order valence-corrected chi connectivity index (χ4v) is 3.06. The van der Waals surface area contributed by atoms with Gasteiger partial charge in [0, 0.05) is 6.42 Å². The number of aliphatic hydroxyl groups is 1. The largest absolute Gasteiger partial charge is 0.469 e. The van der Waals surface area contributed by atoms with Crippen molar-refractivity contribution in [3.63, 3.8) is 0 Å². The zero-order chi connectivity index (χ0) is 18.4. The van der Waals surface area contributed by atoms with Gasteiger partial charge in [-0.15, -0.1) is 0 Å². The minimum absolute atomic E-state index is 0.0752. The van der Waals surface area contributed by atoms with E-state index in [4.69, 9.17) is 14.2 Å². The second-order valence-electron chi connectivity index (χ2n) is 6.48. The summed E-state index contributed by atoms with van der Waals surface area (Å²) in [5.74, 6) is -1.26. The third-order valence-corrected chi connectivity index (χ3v) is 4.52. The predicted molar refractivity (Wildman–Crippen MR) is 90.6 cm³/mol. The molecule has 1 N–H and O–H groups in total. The molecule has 0 aliphatic carbocycles. The molecule has 2 rings (SSSR count). The number of benzene rings is 1. The SMILES string of the molecule is COC(=O)[C@@H](C)[C@@H]1CC[C@H](C[C@@H](C)OC(=O)[C@H](O)c2ccccc2)O1. The average molecular weight is 350 g/mol. The van der Waals surface area contributed by atoms with Crippen LogP contribution in [0.1, 0.15) is 44.8 Å². The quantitative estimate of drug-likeness (QED) is 0.761. The lowest BCUT2D eigenvalue weighted by molar-refractivity contribution is -0.160. The van der Waals surface area contributed by atoms with E-state index >= 15 is 0 Å². The van der Waals surface area contributed by atoms with Gasteiger partial charge in [-0.2, -0.15) is 0 Å². The molecule has 1 aromatic carbocycles. The van der Waals surface area contributed by atoms with Gasteiger partial charge in [0.1, 0.15) is 6.10 Å². The number of carbonyl (C=O) groups is 2. The van der Waals surface area contributed by atoms with Gasteiger partial charge in [-0.3, -0.25) is 4.79 Å². The summed E-state index contributed by atoms with van der Waals surface area (Å²) in [5, 5.41) is 10.0. The summed E-state index contributed by atoms with van der Waals surface area (Å²) in [6.45, 7) is 3.56. The minimum Gasteiger partial charge on any atom is -0.469 e. The summed E-state index contributed by atoms with van der Waals surface area (Å²) in [6, 6.07) is 8.67. The highest BCUT2D eigenvalue weighted by atomic mass is 16.6. The van der Waals surface area contributed by atoms with Crippen molar-refractivity contribution in [3.8, 4) is 0 Å². The highest BCUT2D eigenvalue weighted by Crippen LogP contribution is 2.29. The van der Waals surface area contributed by atoms with Gasteiger partial charge in [0.15, 0.2) is 6.10 Å². The molecule has 0 unspecified atom stereocenters. The van der Waals surface area contributed by atoms with Gasteiger partial charge in [0.25, 0.3) is 0 Å². The maximum Gasteiger partial charge on any atom is 0.339 e. The van der Waals surface area contributed by atoms with Crippen molar-refractivity contribution in [1.29, 1.82) is 0 Å². The first kappa shape index (κ1) is 19.4. The van der Waals surface area contributed by atoms with Gasteiger partial charge in [0.2, 0.25) is 0 Å². The molecule has 1 heterocycles. The Hall–Kier alpha value is -1.92. The molecule has 1 fully saturated rings. The lowest BCUT2D eigenvalue weighted by Crippen LogP contribution is -2.28. The Labute approximate surface area is 148 Å². The van der Waals surface area contributed by atoms with Crippen molar-refractivity contribution in [1.82, 2.24) is 0 Å². The topological polar surface area (TPSA) is 82.1 Å². The van der Waals surface area contributed by atoms with E-state index < -0.39 is 12.1 Å². The van der Waals surface area contributed by atoms with Gasteiger partial charge in [-0.1, -0.05) is 30.3 Å². The molecule has 1 aliphatic heterocycles. The molecule has 25 heavy (non-hydrogen) atoms. The van der Waals surface area contributed by atoms with E-state index in [1.807, 2.05) is 6.07 Å². The van der Waals surface area contributed by atoms with Crippen LogP contribution in [0.25, 0.3) is 0 Å². The monoisotopic (exact) mass is 350 g/mol. The molecule has 6 nitrogen and oxygen atoms in total. The average Bonchev–Trinajstić information content (AvgIpc) is 3.08. The van der Waals surface area contributed by atoms with Crippen LogP contribution in [0.15, 0.2) is 30.3 Å². The Kier molecular flexibility index (Phi) is 6.96. The van der Waals surface area contributed by atoms with Crippen molar-refractivity contribution >= 4 is 11.9 Å². The molecule has 0 spiro atoms. The van der Waals surface area contributed by atoms with Crippen LogP contribution in [0.4, 0.5) is 0 Å². The molecule has 0 bridgehead atoms. The zero-order valence-corrected chi connectivity index (χ0v) is 14.9. The maximum absolute atomic E-state index is 12.1. The Morgan fingerprint density at radius 2 is 1.88 bits per heavy atom. The Balaban J connectivity index is 1.80. The molecule has 1 aromatic rings. The Morgan fingerprint density at radius 3 is 2.52 bits per heavy atom. The third-order valence-electron chi connectivity index (χ3n) is 4.52. The second-order valence-corrected chi connectivity index (χ2v) is 6.48. The number of ether oxygens (including phenoxy) is 3. The fourth-order valence-electron chi connectivity index (χ4n) is 3.06. The molecular formula is C19H26O6. The summed E-state index contributed by atoms with van der Waals surface area (Å²) >= 11 is 0. The number of esters is 2. The summed E-state index contributed by atoms with van der Waals surface area (Å²) in [5.41, 5.74) is 0.504. The van der Waals surface area contributed by atoms with Crippen LogP contribution in [0.3, 0.4) is 0 Å². The number of methoxy groups -OCH3 is 1. The zero-order valence-electron chi connectivity index (χ0n) is 14.9. The van der Waals surface area contributed by atoms with E-state index in [-0.39, 0.29) is 30.2 Å². The third kappa shape index (κ3) is 5.28. The van der Waals surface area contributed by atoms with E-state index in [1.54, 1.807) is 38.1 Å². The van der Waals surface area contributed by atoms with Crippen molar-refractivity contribution < 1.29 is 28.9 Å². The van der Waals surface area contributed by atoms with E-state index in [9.17, 15) is 14.7 Å². The van der Waals surface area contributed by atoms with E-state index in [2.05, 4.69) is 0 Å². The standard InChI is InChI=1S/C19H26O6/c1-12(24-19(22)17(20)14-7-5-4-6-8-14)11-15-9-10-16(25-15)13(2)18(21)23-3/h4-8,12-13,15-17,20H,9-11H2,1-3H3/t12-,13+,15-,16+,17-/m1/s1. The molecule has 0 amide bonds. The van der Waals surface area contributed by atoms with Crippen molar-refractivity contribution in [3.05, 3.63) is 35.9 Å². The summed E-state index contributed by atoms with van der Waals surface area (Å²) in [4.78, 5) is 23.6. The molecule has 1 aliphatic rings. The summed E-state index contributed by atoms with van der Waals surface area (Å²) in [6.07, 6.45) is 0.174. The number of aliphatic hydroxyl groups excluding tert-OH is 1. The fraction of sp³-hybridized carbons (Fsp3) is 0.579. The van der Waals surface area contributed by atoms with Crippen LogP contribution in [0, 0.1) is 5.92 Å². The second kappa shape index (κ2) is 8.97.